The molecule has 1 nitrogen and oxygen atoms in total. The molecule has 2 heterocycles. The van der Waals surface area contributed by atoms with Crippen LogP contribution in [0.1, 0.15) is 11.1 Å². The van der Waals surface area contributed by atoms with Crippen LogP contribution in [-0.4, -0.2) is 4.40 Å². The van der Waals surface area contributed by atoms with Gasteiger partial charge in [-0.1, -0.05) is 42.5 Å². The molecular weight excluding hydrogens is 290 g/mol. The Morgan fingerprint density at radius 2 is 1.38 bits per heavy atom. The van der Waals surface area contributed by atoms with Crippen LogP contribution < -0.4 is 0 Å². The minimum atomic E-state index is 1.04. The molecule has 0 unspecified atom stereocenters. The van der Waals surface area contributed by atoms with Crippen molar-refractivity contribution >= 4 is 27.2 Å². The van der Waals surface area contributed by atoms with Crippen LogP contribution in [0.15, 0.2) is 79.0 Å². The number of rotatable bonds is 0. The lowest BCUT2D eigenvalue weighted by Gasteiger charge is -2.11. The molecule has 5 aromatic rings. The summed E-state index contributed by atoms with van der Waals surface area (Å²) in [7, 11) is 0. The molecule has 0 amide bonds. The first-order valence-electron chi connectivity index (χ1n) is 8.43. The predicted molar refractivity (Wildman–Crippen MR) is 101 cm³/mol. The van der Waals surface area contributed by atoms with Crippen LogP contribution in [-0.2, 0) is 6.42 Å². The Labute approximate surface area is 139 Å². The van der Waals surface area contributed by atoms with Gasteiger partial charge in [0.1, 0.15) is 0 Å². The first-order chi connectivity index (χ1) is 11.9. The molecule has 0 spiro atoms. The Morgan fingerprint density at radius 1 is 0.583 bits per heavy atom. The van der Waals surface area contributed by atoms with Crippen molar-refractivity contribution in [1.82, 2.24) is 4.40 Å². The van der Waals surface area contributed by atoms with Crippen molar-refractivity contribution in [1.29, 1.82) is 0 Å². The number of hydrogen-bond donors (Lipinski definition) is 0. The zero-order valence-electron chi connectivity index (χ0n) is 13.2. The van der Waals surface area contributed by atoms with Gasteiger partial charge >= 0.3 is 0 Å². The van der Waals surface area contributed by atoms with E-state index in [4.69, 9.17) is 0 Å². The van der Waals surface area contributed by atoms with Crippen molar-refractivity contribution in [3.8, 4) is 11.1 Å². The van der Waals surface area contributed by atoms with E-state index in [9.17, 15) is 0 Å². The number of nitrogens with zero attached hydrogens (tertiary/aromatic N) is 1. The van der Waals surface area contributed by atoms with E-state index in [1.54, 1.807) is 0 Å². The lowest BCUT2D eigenvalue weighted by atomic mass is 9.98. The lowest BCUT2D eigenvalue weighted by molar-refractivity contribution is 1.26. The van der Waals surface area contributed by atoms with Crippen LogP contribution in [0.3, 0.4) is 0 Å². The maximum absolute atomic E-state index is 2.41. The fraction of sp³-hybridized carbons (Fsp3) is 0.0435. The molecule has 6 rings (SSSR count). The van der Waals surface area contributed by atoms with Crippen LogP contribution in [0.2, 0.25) is 0 Å². The van der Waals surface area contributed by atoms with Gasteiger partial charge in [-0.25, -0.2) is 0 Å². The Balaban J connectivity index is 1.85. The first-order valence-corrected chi connectivity index (χ1v) is 8.43. The highest BCUT2D eigenvalue weighted by Crippen LogP contribution is 2.41. The van der Waals surface area contributed by atoms with Gasteiger partial charge in [-0.15, -0.1) is 0 Å². The average Bonchev–Trinajstić information content (AvgIpc) is 3.25. The van der Waals surface area contributed by atoms with Gasteiger partial charge in [0, 0.05) is 17.0 Å². The number of benzene rings is 3. The summed E-state index contributed by atoms with van der Waals surface area (Å²) in [5.41, 5.74) is 8.26. The normalized spacial score (nSPS) is 12.8. The largest absolute Gasteiger partial charge is 0.316 e. The Kier molecular flexibility index (Phi) is 2.20. The van der Waals surface area contributed by atoms with Gasteiger partial charge in [-0.3, -0.25) is 0 Å². The van der Waals surface area contributed by atoms with Crippen LogP contribution >= 0.6 is 0 Å². The maximum Gasteiger partial charge on any atom is 0.0535 e. The van der Waals surface area contributed by atoms with E-state index in [1.165, 1.54) is 49.4 Å². The molecular formula is C23H15N. The Hall–Kier alpha value is -3.06. The van der Waals surface area contributed by atoms with Crippen molar-refractivity contribution in [3.63, 3.8) is 0 Å². The van der Waals surface area contributed by atoms with Crippen molar-refractivity contribution in [2.75, 3.05) is 0 Å². The molecule has 0 N–H and O–H groups in total. The third-order valence-corrected chi connectivity index (χ3v) is 5.41. The second kappa shape index (κ2) is 4.27. The molecule has 0 aliphatic heterocycles. The van der Waals surface area contributed by atoms with E-state index in [-0.39, 0.29) is 0 Å². The van der Waals surface area contributed by atoms with E-state index in [0.29, 0.717) is 0 Å². The summed E-state index contributed by atoms with van der Waals surface area (Å²) >= 11 is 0. The summed E-state index contributed by atoms with van der Waals surface area (Å²) in [5, 5.41) is 4.03. The summed E-state index contributed by atoms with van der Waals surface area (Å²) in [6.07, 6.45) is 3.21. The minimum absolute atomic E-state index is 1.04. The van der Waals surface area contributed by atoms with Crippen molar-refractivity contribution < 1.29 is 0 Å². The summed E-state index contributed by atoms with van der Waals surface area (Å²) in [6, 6.07) is 26.7. The molecule has 0 fully saturated rings. The molecule has 3 aromatic carbocycles. The van der Waals surface area contributed by atoms with E-state index >= 15 is 0 Å². The predicted octanol–water partition coefficient (Wildman–Crippen LogP) is 5.82. The van der Waals surface area contributed by atoms with E-state index < -0.39 is 0 Å². The fourth-order valence-corrected chi connectivity index (χ4v) is 4.34. The SMILES string of the molecule is c1ccc2c(c1)Cc1cc3c(cc1-2)c1ccccc1n1cccc31. The van der Waals surface area contributed by atoms with Crippen LogP contribution in [0.5, 0.6) is 0 Å². The van der Waals surface area contributed by atoms with E-state index in [2.05, 4.69) is 83.4 Å². The Bertz CT molecular complexity index is 1270. The van der Waals surface area contributed by atoms with Crippen LogP contribution in [0.4, 0.5) is 0 Å². The molecule has 0 atom stereocenters. The van der Waals surface area contributed by atoms with Crippen LogP contribution in [0, 0.1) is 0 Å². The smallest absolute Gasteiger partial charge is 0.0535 e. The highest BCUT2D eigenvalue weighted by molar-refractivity contribution is 6.14. The summed E-state index contributed by atoms with van der Waals surface area (Å²) < 4.78 is 2.31. The topological polar surface area (TPSA) is 4.41 Å². The lowest BCUT2D eigenvalue weighted by Crippen LogP contribution is -1.91. The highest BCUT2D eigenvalue weighted by atomic mass is 14.9. The third-order valence-electron chi connectivity index (χ3n) is 5.41. The summed E-state index contributed by atoms with van der Waals surface area (Å²) in [6.45, 7) is 0. The second-order valence-corrected chi connectivity index (χ2v) is 6.67. The molecule has 0 bridgehead atoms. The van der Waals surface area contributed by atoms with Crippen LogP contribution in [0.25, 0.3) is 38.3 Å². The van der Waals surface area contributed by atoms with Gasteiger partial charge in [0.25, 0.3) is 0 Å². The number of aromatic nitrogens is 1. The quantitative estimate of drug-likeness (QED) is 0.312. The first kappa shape index (κ1) is 12.4. The monoisotopic (exact) mass is 305 g/mol. The second-order valence-electron chi connectivity index (χ2n) is 6.67. The van der Waals surface area contributed by atoms with Crippen molar-refractivity contribution in [2.24, 2.45) is 0 Å². The van der Waals surface area contributed by atoms with Crippen molar-refractivity contribution in [3.05, 3.63) is 90.1 Å². The molecule has 0 saturated heterocycles. The van der Waals surface area contributed by atoms with Gasteiger partial charge < -0.3 is 4.40 Å². The van der Waals surface area contributed by atoms with Gasteiger partial charge in [0.05, 0.1) is 11.0 Å². The zero-order valence-corrected chi connectivity index (χ0v) is 13.2. The molecule has 1 heteroatoms. The molecule has 1 aliphatic carbocycles. The van der Waals surface area contributed by atoms with Gasteiger partial charge in [0.2, 0.25) is 0 Å². The summed E-state index contributed by atoms with van der Waals surface area (Å²) in [5.74, 6) is 0. The van der Waals surface area contributed by atoms with Gasteiger partial charge in [0.15, 0.2) is 0 Å². The number of pyridine rings is 1. The average molecular weight is 305 g/mol. The molecule has 24 heavy (non-hydrogen) atoms. The van der Waals surface area contributed by atoms with Gasteiger partial charge in [-0.05, 0) is 64.4 Å². The molecule has 112 valence electrons. The number of para-hydroxylation sites is 1. The van der Waals surface area contributed by atoms with Gasteiger partial charge in [-0.2, -0.15) is 0 Å². The maximum atomic E-state index is 2.41. The minimum Gasteiger partial charge on any atom is -0.316 e. The molecule has 2 aromatic heterocycles. The molecule has 0 radical (unpaired) electrons. The molecule has 1 aliphatic rings. The Morgan fingerprint density at radius 3 is 2.38 bits per heavy atom. The fourth-order valence-electron chi connectivity index (χ4n) is 4.34. The van der Waals surface area contributed by atoms with Crippen molar-refractivity contribution in [2.45, 2.75) is 6.42 Å². The van der Waals surface area contributed by atoms with E-state index in [0.717, 1.165) is 6.42 Å². The zero-order chi connectivity index (χ0) is 15.7. The number of hydrogen-bond acceptors (Lipinski definition) is 0. The summed E-state index contributed by atoms with van der Waals surface area (Å²) in [4.78, 5) is 0. The highest BCUT2D eigenvalue weighted by Gasteiger charge is 2.20. The third kappa shape index (κ3) is 1.45. The number of fused-ring (bicyclic) bond motifs is 9. The standard InChI is InChI=1S/C23H15N/c1-2-7-17-15(6-1)12-16-13-21-20(14-19(16)17)18-8-3-4-9-22(18)24-11-5-10-23(21)24/h1-11,13-14H,12H2. The van der Waals surface area contributed by atoms with E-state index in [1.807, 2.05) is 0 Å². The molecule has 0 saturated carbocycles.